The van der Waals surface area contributed by atoms with Gasteiger partial charge in [-0.05, 0) is 13.8 Å². The number of aromatic nitrogens is 2. The first-order chi connectivity index (χ1) is 19.0. The molecule has 2 saturated heterocycles. The zero-order valence-electron chi connectivity index (χ0n) is 21.7. The van der Waals surface area contributed by atoms with E-state index >= 15 is 0 Å². The molecular weight excluding hydrogens is 596 g/mol. The minimum Gasteiger partial charge on any atom is -0.390 e. The Hall–Kier alpha value is -2.34. The van der Waals surface area contributed by atoms with E-state index in [9.17, 15) is 38.3 Å². The average molecular weight is 625 g/mol. The maximum Gasteiger partial charge on any atom is 0.472 e. The summed E-state index contributed by atoms with van der Waals surface area (Å²) in [4.78, 5) is 79.7. The number of carbonyl (C=O) groups excluding carboxylic acids is 2. The van der Waals surface area contributed by atoms with Gasteiger partial charge in [0.15, 0.2) is 5.78 Å². The number of nitrogens with zero attached hydrogens (tertiary/aromatic N) is 2. The molecule has 4 rings (SSSR count). The number of phosphoric ester groups is 2. The molecule has 18 nitrogen and oxygen atoms in total. The van der Waals surface area contributed by atoms with E-state index in [1.165, 1.54) is 26.2 Å². The quantitative estimate of drug-likeness (QED) is 0.153. The lowest BCUT2D eigenvalue weighted by atomic mass is 10.1. The highest BCUT2D eigenvalue weighted by Crippen LogP contribution is 2.49. The standard InChI is InChI=1S/C21H29N3O15P2/c1-10-6-23(17(27)3-12(10)25)19-5-14(16(38-19)9-35-40(30,31)32)39-41(33,34)36-8-15-13(26)4-18(37-15)24-7-11(2)20(28)22-21(24)29/h6-7,13-16,18-19,26H,3-5,8-9H2,1-2H3,(H,33,34)(H,22,28,29)(H2,30,31,32). The number of allylic oxidation sites excluding steroid dienone is 1. The lowest BCUT2D eigenvalue weighted by Gasteiger charge is -2.28. The van der Waals surface area contributed by atoms with Gasteiger partial charge in [0.25, 0.3) is 5.56 Å². The highest BCUT2D eigenvalue weighted by atomic mass is 31.2. The minimum absolute atomic E-state index is 0.102. The van der Waals surface area contributed by atoms with Crippen molar-refractivity contribution < 1.29 is 61.6 Å². The number of amides is 1. The zero-order valence-corrected chi connectivity index (χ0v) is 23.5. The van der Waals surface area contributed by atoms with E-state index < -0.39 is 95.1 Å². The van der Waals surface area contributed by atoms with Crippen molar-refractivity contribution in [1.29, 1.82) is 0 Å². The summed E-state index contributed by atoms with van der Waals surface area (Å²) in [6, 6.07) is 0. The Bertz CT molecular complexity index is 1430. The van der Waals surface area contributed by atoms with Gasteiger partial charge in [-0.1, -0.05) is 0 Å². The SMILES string of the molecule is CC1=CN(C2CC(OP(=O)(O)OCC3OC(n4cc(C)c(=O)[nH]c4=O)CC3O)C(COP(=O)(O)O)O2)C(=O)CC1=O. The van der Waals surface area contributed by atoms with Crippen LogP contribution in [0, 0.1) is 6.92 Å². The van der Waals surface area contributed by atoms with Gasteiger partial charge in [0.05, 0.1) is 25.7 Å². The molecule has 41 heavy (non-hydrogen) atoms. The number of aromatic amines is 1. The number of ether oxygens (including phenoxy) is 2. The Morgan fingerprint density at radius 1 is 1.00 bits per heavy atom. The van der Waals surface area contributed by atoms with E-state index in [1.807, 2.05) is 0 Å². The number of H-pyrrole nitrogens is 1. The predicted molar refractivity (Wildman–Crippen MR) is 133 cm³/mol. The zero-order chi connectivity index (χ0) is 30.3. The molecule has 5 N–H and O–H groups in total. The fourth-order valence-corrected chi connectivity index (χ4v) is 5.77. The molecule has 0 bridgehead atoms. The number of Topliss-reactive ketones (excluding diaryl/α,β-unsaturated/α-hetero) is 1. The summed E-state index contributed by atoms with van der Waals surface area (Å²) in [6.07, 6.45) is -5.57. The van der Waals surface area contributed by atoms with Gasteiger partial charge >= 0.3 is 21.3 Å². The van der Waals surface area contributed by atoms with Gasteiger partial charge in [-0.3, -0.25) is 42.4 Å². The van der Waals surface area contributed by atoms with E-state index in [0.29, 0.717) is 0 Å². The second kappa shape index (κ2) is 12.1. The Kier molecular flexibility index (Phi) is 9.33. The molecule has 1 aromatic heterocycles. The van der Waals surface area contributed by atoms with Crippen LogP contribution in [-0.4, -0.2) is 89.8 Å². The lowest BCUT2D eigenvalue weighted by Crippen LogP contribution is -2.40. The fraction of sp³-hybridized carbons (Fsp3) is 0.619. The molecule has 2 fully saturated rings. The number of carbonyl (C=O) groups is 2. The highest BCUT2D eigenvalue weighted by molar-refractivity contribution is 7.47. The Morgan fingerprint density at radius 3 is 2.34 bits per heavy atom. The molecular formula is C21H29N3O15P2. The van der Waals surface area contributed by atoms with E-state index in [2.05, 4.69) is 9.51 Å². The normalized spacial score (nSPS) is 30.5. The second-order valence-corrected chi connectivity index (χ2v) is 12.3. The monoisotopic (exact) mass is 625 g/mol. The van der Waals surface area contributed by atoms with Crippen LogP contribution in [0.15, 0.2) is 27.6 Å². The van der Waals surface area contributed by atoms with Crippen LogP contribution in [-0.2, 0) is 41.8 Å². The van der Waals surface area contributed by atoms with Gasteiger partial charge < -0.3 is 29.3 Å². The molecule has 4 heterocycles. The summed E-state index contributed by atoms with van der Waals surface area (Å²) in [5, 5.41) is 10.4. The van der Waals surface area contributed by atoms with Gasteiger partial charge in [0.2, 0.25) is 5.91 Å². The molecule has 7 atom stereocenters. The van der Waals surface area contributed by atoms with Gasteiger partial charge in [-0.2, -0.15) is 0 Å². The third-order valence-corrected chi connectivity index (χ3v) is 8.10. The number of aliphatic hydroxyl groups is 1. The van der Waals surface area contributed by atoms with Crippen LogP contribution in [0.4, 0.5) is 0 Å². The number of hydrogen-bond donors (Lipinski definition) is 5. The largest absolute Gasteiger partial charge is 0.472 e. The molecule has 3 aliphatic rings. The van der Waals surface area contributed by atoms with Crippen molar-refractivity contribution in [3.05, 3.63) is 44.4 Å². The number of nitrogens with one attached hydrogen (secondary N) is 1. The molecule has 1 aromatic rings. The third-order valence-electron chi connectivity index (χ3n) is 6.60. The van der Waals surface area contributed by atoms with Crippen LogP contribution in [0.2, 0.25) is 0 Å². The first-order valence-electron chi connectivity index (χ1n) is 12.2. The number of aliphatic hydroxyl groups excluding tert-OH is 1. The number of hydrogen-bond acceptors (Lipinski definition) is 12. The number of rotatable bonds is 10. The molecule has 1 amide bonds. The molecule has 7 unspecified atom stereocenters. The molecule has 3 aliphatic heterocycles. The van der Waals surface area contributed by atoms with Crippen LogP contribution >= 0.6 is 15.6 Å². The number of phosphoric acid groups is 2. The molecule has 0 spiro atoms. The van der Waals surface area contributed by atoms with E-state index in [4.69, 9.17) is 28.3 Å². The Labute approximate surface area is 231 Å². The maximum absolute atomic E-state index is 12.8. The van der Waals surface area contributed by atoms with Gasteiger partial charge in [0.1, 0.15) is 30.8 Å². The first kappa shape index (κ1) is 31.6. The van der Waals surface area contributed by atoms with Crippen molar-refractivity contribution >= 4 is 27.3 Å². The minimum atomic E-state index is -4.98. The topological polar surface area (TPSA) is 253 Å². The number of aryl methyl sites for hydroxylation is 1. The van der Waals surface area contributed by atoms with Crippen molar-refractivity contribution in [3.8, 4) is 0 Å². The molecule has 20 heteroatoms. The average Bonchev–Trinajstić information content (AvgIpc) is 3.43. The molecule has 228 valence electrons. The smallest absolute Gasteiger partial charge is 0.390 e. The molecule has 0 saturated carbocycles. The van der Waals surface area contributed by atoms with Gasteiger partial charge in [0, 0.05) is 36.4 Å². The van der Waals surface area contributed by atoms with Crippen molar-refractivity contribution in [2.45, 2.75) is 70.0 Å². The Morgan fingerprint density at radius 2 is 1.66 bits per heavy atom. The molecule has 0 aromatic carbocycles. The maximum atomic E-state index is 12.8. The van der Waals surface area contributed by atoms with Gasteiger partial charge in [-0.15, -0.1) is 0 Å². The van der Waals surface area contributed by atoms with Crippen molar-refractivity contribution in [1.82, 2.24) is 14.5 Å². The lowest BCUT2D eigenvalue weighted by molar-refractivity contribution is -0.144. The van der Waals surface area contributed by atoms with Crippen LogP contribution in [0.1, 0.15) is 38.0 Å². The van der Waals surface area contributed by atoms with Crippen LogP contribution in [0.5, 0.6) is 0 Å². The molecule has 0 aliphatic carbocycles. The summed E-state index contributed by atoms with van der Waals surface area (Å²) < 4.78 is 51.0. The van der Waals surface area contributed by atoms with Crippen LogP contribution < -0.4 is 11.2 Å². The summed E-state index contributed by atoms with van der Waals surface area (Å²) in [7, 11) is -9.93. The van der Waals surface area contributed by atoms with E-state index in [0.717, 1.165) is 9.47 Å². The first-order valence-corrected chi connectivity index (χ1v) is 15.2. The highest BCUT2D eigenvalue weighted by Gasteiger charge is 2.46. The Balaban J connectivity index is 1.42. The van der Waals surface area contributed by atoms with Gasteiger partial charge in [-0.25, -0.2) is 13.9 Å². The second-order valence-electron chi connectivity index (χ2n) is 9.68. The summed E-state index contributed by atoms with van der Waals surface area (Å²) in [5.74, 6) is -1.02. The third kappa shape index (κ3) is 7.74. The molecule has 0 radical (unpaired) electrons. The van der Waals surface area contributed by atoms with Crippen molar-refractivity contribution in [2.24, 2.45) is 0 Å². The number of ketones is 1. The summed E-state index contributed by atoms with van der Waals surface area (Å²) in [5.41, 5.74) is -0.899. The van der Waals surface area contributed by atoms with Crippen LogP contribution in [0.3, 0.4) is 0 Å². The fourth-order valence-electron chi connectivity index (χ4n) is 4.47. The predicted octanol–water partition coefficient (Wildman–Crippen LogP) is -1.07. The summed E-state index contributed by atoms with van der Waals surface area (Å²) >= 11 is 0. The van der Waals surface area contributed by atoms with Crippen molar-refractivity contribution in [2.75, 3.05) is 13.2 Å². The van der Waals surface area contributed by atoms with Crippen LogP contribution in [0.25, 0.3) is 0 Å². The van der Waals surface area contributed by atoms with E-state index in [1.54, 1.807) is 0 Å². The van der Waals surface area contributed by atoms with E-state index in [-0.39, 0.29) is 24.0 Å². The summed E-state index contributed by atoms with van der Waals surface area (Å²) in [6.45, 7) is 1.49. The van der Waals surface area contributed by atoms with Crippen molar-refractivity contribution in [3.63, 3.8) is 0 Å².